The minimum Gasteiger partial charge on any atom is -0.398 e. The third-order valence-corrected chi connectivity index (χ3v) is 3.46. The van der Waals surface area contributed by atoms with Crippen LogP contribution in [0.15, 0.2) is 23.1 Å². The van der Waals surface area contributed by atoms with Crippen molar-refractivity contribution in [2.24, 2.45) is 0 Å². The van der Waals surface area contributed by atoms with Gasteiger partial charge < -0.3 is 19.8 Å². The van der Waals surface area contributed by atoms with Gasteiger partial charge in [-0.15, -0.1) is 0 Å². The van der Waals surface area contributed by atoms with E-state index in [0.717, 1.165) is 19.5 Å². The Bertz CT molecular complexity index is 462. The molecular formula is C15H27N3O3. The normalized spacial score (nSPS) is 12.8. The number of nitrogen functional groups attached to an aromatic ring is 1. The van der Waals surface area contributed by atoms with Gasteiger partial charge in [-0.05, 0) is 19.4 Å². The zero-order chi connectivity index (χ0) is 15.7. The van der Waals surface area contributed by atoms with Gasteiger partial charge in [0.2, 0.25) is 0 Å². The molecule has 120 valence electrons. The zero-order valence-corrected chi connectivity index (χ0v) is 13.2. The summed E-state index contributed by atoms with van der Waals surface area (Å²) >= 11 is 0. The quantitative estimate of drug-likeness (QED) is 0.692. The lowest BCUT2D eigenvalue weighted by Gasteiger charge is -2.28. The first-order chi connectivity index (χ1) is 10.1. The maximum Gasteiger partial charge on any atom is 0.250 e. The number of hydrogen-bond donors (Lipinski definition) is 1. The molecule has 1 rings (SSSR count). The number of rotatable bonds is 10. The fourth-order valence-corrected chi connectivity index (χ4v) is 2.28. The molecule has 1 heterocycles. The van der Waals surface area contributed by atoms with Gasteiger partial charge in [-0.1, -0.05) is 0 Å². The Balaban J connectivity index is 2.52. The van der Waals surface area contributed by atoms with Gasteiger partial charge in [-0.2, -0.15) is 0 Å². The van der Waals surface area contributed by atoms with Crippen LogP contribution in [0.2, 0.25) is 0 Å². The number of hydrogen-bond acceptors (Lipinski definition) is 5. The Morgan fingerprint density at radius 1 is 1.29 bits per heavy atom. The van der Waals surface area contributed by atoms with Crippen LogP contribution in [0.5, 0.6) is 0 Å². The molecule has 0 aliphatic heterocycles. The van der Waals surface area contributed by atoms with E-state index in [9.17, 15) is 4.79 Å². The summed E-state index contributed by atoms with van der Waals surface area (Å²) in [5.74, 6) is 0. The fourth-order valence-electron chi connectivity index (χ4n) is 2.28. The van der Waals surface area contributed by atoms with Crippen LogP contribution >= 0.6 is 0 Å². The Morgan fingerprint density at radius 3 is 2.71 bits per heavy atom. The molecule has 0 saturated heterocycles. The molecule has 0 amide bonds. The average Bonchev–Trinajstić information content (AvgIpc) is 2.46. The molecular weight excluding hydrogens is 270 g/mol. The van der Waals surface area contributed by atoms with E-state index in [1.165, 1.54) is 6.07 Å². The summed E-state index contributed by atoms with van der Waals surface area (Å²) < 4.78 is 12.0. The van der Waals surface area contributed by atoms with Crippen LogP contribution in [0.1, 0.15) is 13.3 Å². The van der Waals surface area contributed by atoms with Crippen molar-refractivity contribution in [3.63, 3.8) is 0 Å². The van der Waals surface area contributed by atoms with Crippen LogP contribution in [0, 0.1) is 0 Å². The Hall–Kier alpha value is -1.37. The molecule has 0 spiro atoms. The number of pyridine rings is 1. The second-order valence-electron chi connectivity index (χ2n) is 5.18. The van der Waals surface area contributed by atoms with Gasteiger partial charge in [0.05, 0.1) is 13.2 Å². The van der Waals surface area contributed by atoms with Gasteiger partial charge >= 0.3 is 0 Å². The van der Waals surface area contributed by atoms with Crippen molar-refractivity contribution in [1.29, 1.82) is 0 Å². The first-order valence-electron chi connectivity index (χ1n) is 7.26. The minimum atomic E-state index is -0.0161. The molecule has 1 aromatic rings. The van der Waals surface area contributed by atoms with Crippen LogP contribution in [0.3, 0.4) is 0 Å². The number of aromatic nitrogens is 1. The number of ether oxygens (including phenoxy) is 2. The molecule has 0 radical (unpaired) electrons. The summed E-state index contributed by atoms with van der Waals surface area (Å²) in [6.45, 7) is 5.90. The number of methoxy groups -OCH3 is 2. The fraction of sp³-hybridized carbons (Fsp3) is 0.667. The van der Waals surface area contributed by atoms with Crippen molar-refractivity contribution in [3.8, 4) is 0 Å². The average molecular weight is 297 g/mol. The summed E-state index contributed by atoms with van der Waals surface area (Å²) in [5.41, 5.74) is 6.30. The summed E-state index contributed by atoms with van der Waals surface area (Å²) in [5, 5.41) is 0. The first kappa shape index (κ1) is 17.7. The lowest BCUT2D eigenvalue weighted by Crippen LogP contribution is -2.39. The van der Waals surface area contributed by atoms with Crippen LogP contribution in [0.4, 0.5) is 5.69 Å². The largest absolute Gasteiger partial charge is 0.398 e. The standard InChI is InChI=1S/C15H27N3O3/c1-13(12-21-3)17(9-10-20-2)7-4-8-18-11-14(16)5-6-15(18)19/h5-6,11,13H,4,7-10,12,16H2,1-3H3. The van der Waals surface area contributed by atoms with E-state index in [-0.39, 0.29) is 5.56 Å². The molecule has 0 saturated carbocycles. The lowest BCUT2D eigenvalue weighted by atomic mass is 10.2. The van der Waals surface area contributed by atoms with Crippen LogP contribution in [-0.4, -0.2) is 56.0 Å². The van der Waals surface area contributed by atoms with Gasteiger partial charge in [-0.25, -0.2) is 0 Å². The van der Waals surface area contributed by atoms with Crippen LogP contribution in [0.25, 0.3) is 0 Å². The summed E-state index contributed by atoms with van der Waals surface area (Å²) in [6.07, 6.45) is 2.57. The number of nitrogens with zero attached hydrogens (tertiary/aromatic N) is 2. The molecule has 1 unspecified atom stereocenters. The van der Waals surface area contributed by atoms with Gasteiger partial charge in [0.1, 0.15) is 0 Å². The third kappa shape index (κ3) is 6.29. The topological polar surface area (TPSA) is 69.7 Å². The molecule has 21 heavy (non-hydrogen) atoms. The number of aryl methyl sites for hydroxylation is 1. The van der Waals surface area contributed by atoms with Crippen molar-refractivity contribution in [2.75, 3.05) is 46.3 Å². The number of anilines is 1. The van der Waals surface area contributed by atoms with E-state index in [1.807, 2.05) is 0 Å². The molecule has 0 fully saturated rings. The van der Waals surface area contributed by atoms with Crippen LogP contribution in [-0.2, 0) is 16.0 Å². The Kier molecular flexibility index (Phi) is 8.04. The molecule has 0 aliphatic rings. The van der Waals surface area contributed by atoms with Gasteiger partial charge in [0, 0.05) is 57.8 Å². The molecule has 1 atom stereocenters. The monoisotopic (exact) mass is 297 g/mol. The van der Waals surface area contributed by atoms with E-state index >= 15 is 0 Å². The highest BCUT2D eigenvalue weighted by molar-refractivity contribution is 5.33. The first-order valence-corrected chi connectivity index (χ1v) is 7.26. The smallest absolute Gasteiger partial charge is 0.250 e. The van der Waals surface area contributed by atoms with E-state index in [2.05, 4.69) is 11.8 Å². The van der Waals surface area contributed by atoms with E-state index in [4.69, 9.17) is 15.2 Å². The maximum atomic E-state index is 11.7. The molecule has 0 aromatic carbocycles. The maximum absolute atomic E-state index is 11.7. The van der Waals surface area contributed by atoms with Gasteiger partial charge in [-0.3, -0.25) is 9.69 Å². The van der Waals surface area contributed by atoms with Crippen LogP contribution < -0.4 is 11.3 Å². The molecule has 0 bridgehead atoms. The zero-order valence-electron chi connectivity index (χ0n) is 13.2. The van der Waals surface area contributed by atoms with E-state index in [0.29, 0.717) is 31.5 Å². The predicted octanol–water partition coefficient (Wildman–Crippen LogP) is 0.804. The predicted molar refractivity (Wildman–Crippen MR) is 84.5 cm³/mol. The lowest BCUT2D eigenvalue weighted by molar-refractivity contribution is 0.0736. The Labute approximate surface area is 126 Å². The molecule has 6 nitrogen and oxygen atoms in total. The SMILES string of the molecule is COCCN(CCCn1cc(N)ccc1=O)C(C)COC. The Morgan fingerprint density at radius 2 is 2.05 bits per heavy atom. The minimum absolute atomic E-state index is 0.0161. The van der Waals surface area contributed by atoms with E-state index < -0.39 is 0 Å². The summed E-state index contributed by atoms with van der Waals surface area (Å²) in [7, 11) is 3.41. The highest BCUT2D eigenvalue weighted by atomic mass is 16.5. The molecule has 1 aromatic heterocycles. The molecule has 2 N–H and O–H groups in total. The highest BCUT2D eigenvalue weighted by Gasteiger charge is 2.13. The van der Waals surface area contributed by atoms with Crippen molar-refractivity contribution >= 4 is 5.69 Å². The second-order valence-corrected chi connectivity index (χ2v) is 5.18. The van der Waals surface area contributed by atoms with Crippen molar-refractivity contribution in [3.05, 3.63) is 28.7 Å². The summed E-state index contributed by atoms with van der Waals surface area (Å²) in [6, 6.07) is 3.46. The van der Waals surface area contributed by atoms with E-state index in [1.54, 1.807) is 31.0 Å². The van der Waals surface area contributed by atoms with Crippen molar-refractivity contribution < 1.29 is 9.47 Å². The van der Waals surface area contributed by atoms with Gasteiger partial charge in [0.25, 0.3) is 5.56 Å². The second kappa shape index (κ2) is 9.55. The van der Waals surface area contributed by atoms with Gasteiger partial charge in [0.15, 0.2) is 0 Å². The molecule has 0 aliphatic carbocycles. The third-order valence-electron chi connectivity index (χ3n) is 3.46. The highest BCUT2D eigenvalue weighted by Crippen LogP contribution is 2.03. The summed E-state index contributed by atoms with van der Waals surface area (Å²) in [4.78, 5) is 14.0. The van der Waals surface area contributed by atoms with Crippen molar-refractivity contribution in [2.45, 2.75) is 25.9 Å². The number of nitrogens with two attached hydrogens (primary N) is 1. The van der Waals surface area contributed by atoms with Crippen molar-refractivity contribution in [1.82, 2.24) is 9.47 Å². The molecule has 6 heteroatoms.